The van der Waals surface area contributed by atoms with Crippen LogP contribution in [0.3, 0.4) is 0 Å². The number of nitrogen functional groups attached to an aromatic ring is 1. The molecule has 1 heterocycles. The number of hydrogen-bond acceptors (Lipinski definition) is 3. The molecule has 90 valence electrons. The Morgan fingerprint density at radius 1 is 1.17 bits per heavy atom. The molecular weight excluding hydrogens is 316 g/mol. The maximum Gasteiger partial charge on any atom is 0.227 e. The quantitative estimate of drug-likeness (QED) is 0.671. The highest BCUT2D eigenvalue weighted by atomic mass is 79.9. The highest BCUT2D eigenvalue weighted by Crippen LogP contribution is 2.29. The van der Waals surface area contributed by atoms with Gasteiger partial charge in [-0.05, 0) is 36.4 Å². The monoisotopic (exact) mass is 322 g/mol. The second kappa shape index (κ2) is 4.30. The number of oxazole rings is 1. The summed E-state index contributed by atoms with van der Waals surface area (Å²) in [6, 6.07) is 11.0. The zero-order valence-corrected chi connectivity index (χ0v) is 11.5. The van der Waals surface area contributed by atoms with Gasteiger partial charge in [0.15, 0.2) is 5.58 Å². The number of nitrogens with zero attached hydrogens (tertiary/aromatic N) is 1. The maximum absolute atomic E-state index is 5.99. The molecule has 0 aliphatic rings. The van der Waals surface area contributed by atoms with E-state index in [1.165, 1.54) is 0 Å². The van der Waals surface area contributed by atoms with Gasteiger partial charge in [-0.2, -0.15) is 0 Å². The van der Waals surface area contributed by atoms with Gasteiger partial charge in [-0.15, -0.1) is 0 Å². The van der Waals surface area contributed by atoms with Crippen LogP contribution in [0.4, 0.5) is 5.69 Å². The van der Waals surface area contributed by atoms with Gasteiger partial charge < -0.3 is 10.2 Å². The van der Waals surface area contributed by atoms with Crippen molar-refractivity contribution in [2.45, 2.75) is 0 Å². The first kappa shape index (κ1) is 11.6. The molecule has 0 radical (unpaired) electrons. The Labute approximate surface area is 117 Å². The smallest absolute Gasteiger partial charge is 0.227 e. The first-order chi connectivity index (χ1) is 8.63. The molecule has 3 nitrogen and oxygen atoms in total. The van der Waals surface area contributed by atoms with Gasteiger partial charge in [0.05, 0.1) is 10.7 Å². The fraction of sp³-hybridized carbons (Fsp3) is 0. The summed E-state index contributed by atoms with van der Waals surface area (Å²) in [5.74, 6) is 0.532. The van der Waals surface area contributed by atoms with Crippen molar-refractivity contribution < 1.29 is 4.42 Å². The number of rotatable bonds is 1. The largest absolute Gasteiger partial charge is 0.436 e. The molecule has 18 heavy (non-hydrogen) atoms. The van der Waals surface area contributed by atoms with Crippen molar-refractivity contribution in [2.75, 3.05) is 5.73 Å². The van der Waals surface area contributed by atoms with E-state index in [2.05, 4.69) is 20.9 Å². The van der Waals surface area contributed by atoms with Crippen molar-refractivity contribution in [3.63, 3.8) is 0 Å². The Kier molecular flexibility index (Phi) is 2.76. The van der Waals surface area contributed by atoms with Crippen molar-refractivity contribution in [3.05, 3.63) is 45.9 Å². The zero-order valence-electron chi connectivity index (χ0n) is 9.15. The Balaban J connectivity index is 2.16. The number of aromatic nitrogens is 1. The molecule has 2 aromatic carbocycles. The molecular formula is C13H8BrClN2O. The molecule has 0 unspecified atom stereocenters. The SMILES string of the molecule is Nc1ccc(-c2nc3cc(Br)ccc3o2)cc1Cl. The average molecular weight is 324 g/mol. The summed E-state index contributed by atoms with van der Waals surface area (Å²) < 4.78 is 6.64. The summed E-state index contributed by atoms with van der Waals surface area (Å²) >= 11 is 9.39. The third kappa shape index (κ3) is 1.98. The van der Waals surface area contributed by atoms with Crippen molar-refractivity contribution in [3.8, 4) is 11.5 Å². The summed E-state index contributed by atoms with van der Waals surface area (Å²) in [6.45, 7) is 0. The number of hydrogen-bond donors (Lipinski definition) is 1. The van der Waals surface area contributed by atoms with Gasteiger partial charge in [0, 0.05) is 10.0 Å². The minimum Gasteiger partial charge on any atom is -0.436 e. The molecule has 3 aromatic rings. The molecule has 3 rings (SSSR count). The normalized spacial score (nSPS) is 11.0. The fourth-order valence-electron chi connectivity index (χ4n) is 1.68. The van der Waals surface area contributed by atoms with E-state index in [-0.39, 0.29) is 0 Å². The van der Waals surface area contributed by atoms with E-state index < -0.39 is 0 Å². The fourth-order valence-corrected chi connectivity index (χ4v) is 2.21. The number of halogens is 2. The van der Waals surface area contributed by atoms with Crippen LogP contribution < -0.4 is 5.73 Å². The lowest BCUT2D eigenvalue weighted by molar-refractivity contribution is 0.620. The summed E-state index contributed by atoms with van der Waals surface area (Å²) in [4.78, 5) is 4.42. The Bertz CT molecular complexity index is 739. The number of fused-ring (bicyclic) bond motifs is 1. The van der Waals surface area contributed by atoms with E-state index in [9.17, 15) is 0 Å². The van der Waals surface area contributed by atoms with Crippen LogP contribution in [0, 0.1) is 0 Å². The van der Waals surface area contributed by atoms with Gasteiger partial charge >= 0.3 is 0 Å². The lowest BCUT2D eigenvalue weighted by Crippen LogP contribution is -1.86. The highest BCUT2D eigenvalue weighted by molar-refractivity contribution is 9.10. The Morgan fingerprint density at radius 3 is 2.78 bits per heavy atom. The zero-order chi connectivity index (χ0) is 12.7. The Morgan fingerprint density at radius 2 is 2.00 bits per heavy atom. The predicted octanol–water partition coefficient (Wildman–Crippen LogP) is 4.49. The number of nitrogens with two attached hydrogens (primary N) is 1. The van der Waals surface area contributed by atoms with Crippen molar-refractivity contribution in [1.82, 2.24) is 4.98 Å². The number of benzene rings is 2. The first-order valence-electron chi connectivity index (χ1n) is 5.25. The standard InChI is InChI=1S/C13H8BrClN2O/c14-8-2-4-12-11(6-8)17-13(18-12)7-1-3-10(16)9(15)5-7/h1-6H,16H2. The van der Waals surface area contributed by atoms with Crippen LogP contribution in [0.2, 0.25) is 5.02 Å². The predicted molar refractivity (Wildman–Crippen MR) is 76.6 cm³/mol. The molecule has 0 atom stereocenters. The van der Waals surface area contributed by atoms with Crippen LogP contribution in [0.15, 0.2) is 45.3 Å². The topological polar surface area (TPSA) is 52.0 Å². The van der Waals surface area contributed by atoms with E-state index in [0.29, 0.717) is 16.6 Å². The van der Waals surface area contributed by atoms with E-state index >= 15 is 0 Å². The summed E-state index contributed by atoms with van der Waals surface area (Å²) in [5, 5.41) is 0.496. The van der Waals surface area contributed by atoms with E-state index in [4.69, 9.17) is 21.8 Å². The second-order valence-electron chi connectivity index (χ2n) is 3.87. The van der Waals surface area contributed by atoms with Crippen LogP contribution in [0.25, 0.3) is 22.6 Å². The van der Waals surface area contributed by atoms with Gasteiger partial charge in [0.2, 0.25) is 5.89 Å². The summed E-state index contributed by atoms with van der Waals surface area (Å²) in [6.07, 6.45) is 0. The molecule has 0 aliphatic carbocycles. The van der Waals surface area contributed by atoms with Crippen molar-refractivity contribution >= 4 is 44.3 Å². The molecule has 0 spiro atoms. The summed E-state index contributed by atoms with van der Waals surface area (Å²) in [5.41, 5.74) is 8.56. The molecule has 1 aromatic heterocycles. The van der Waals surface area contributed by atoms with Crippen LogP contribution in [-0.4, -0.2) is 4.98 Å². The third-order valence-electron chi connectivity index (χ3n) is 2.60. The van der Waals surface area contributed by atoms with Crippen LogP contribution in [0.5, 0.6) is 0 Å². The van der Waals surface area contributed by atoms with Gasteiger partial charge in [-0.3, -0.25) is 0 Å². The van der Waals surface area contributed by atoms with Crippen LogP contribution in [-0.2, 0) is 0 Å². The third-order valence-corrected chi connectivity index (χ3v) is 3.42. The van der Waals surface area contributed by atoms with Crippen LogP contribution >= 0.6 is 27.5 Å². The van der Waals surface area contributed by atoms with E-state index in [1.807, 2.05) is 24.3 Å². The molecule has 0 bridgehead atoms. The van der Waals surface area contributed by atoms with Gasteiger partial charge in [0.25, 0.3) is 0 Å². The van der Waals surface area contributed by atoms with Gasteiger partial charge in [-0.25, -0.2) is 4.98 Å². The molecule has 0 saturated heterocycles. The molecule has 0 fully saturated rings. The highest BCUT2D eigenvalue weighted by Gasteiger charge is 2.09. The first-order valence-corrected chi connectivity index (χ1v) is 6.42. The van der Waals surface area contributed by atoms with Gasteiger partial charge in [-0.1, -0.05) is 27.5 Å². The van der Waals surface area contributed by atoms with Crippen molar-refractivity contribution in [2.24, 2.45) is 0 Å². The summed E-state index contributed by atoms with van der Waals surface area (Å²) in [7, 11) is 0. The minimum atomic E-state index is 0.496. The van der Waals surface area contributed by atoms with E-state index in [0.717, 1.165) is 21.1 Å². The molecule has 0 saturated carbocycles. The number of anilines is 1. The molecule has 0 aliphatic heterocycles. The van der Waals surface area contributed by atoms with Gasteiger partial charge in [0.1, 0.15) is 5.52 Å². The maximum atomic E-state index is 5.99. The van der Waals surface area contributed by atoms with Crippen molar-refractivity contribution in [1.29, 1.82) is 0 Å². The molecule has 0 amide bonds. The second-order valence-corrected chi connectivity index (χ2v) is 5.19. The average Bonchev–Trinajstić information content (AvgIpc) is 2.75. The van der Waals surface area contributed by atoms with E-state index in [1.54, 1.807) is 12.1 Å². The lowest BCUT2D eigenvalue weighted by Gasteiger charge is -1.99. The Hall–Kier alpha value is -1.52. The molecule has 5 heteroatoms. The molecule has 2 N–H and O–H groups in total. The van der Waals surface area contributed by atoms with Crippen LogP contribution in [0.1, 0.15) is 0 Å². The lowest BCUT2D eigenvalue weighted by atomic mass is 10.2. The minimum absolute atomic E-state index is 0.496.